The highest BCUT2D eigenvalue weighted by Gasteiger charge is 2.56. The van der Waals surface area contributed by atoms with Crippen molar-refractivity contribution >= 4 is 5.78 Å². The quantitative estimate of drug-likeness (QED) is 0.485. The Bertz CT molecular complexity index is 152. The summed E-state index contributed by atoms with van der Waals surface area (Å²) >= 11 is 0. The summed E-state index contributed by atoms with van der Waals surface area (Å²) in [5.41, 5.74) is 0.178. The van der Waals surface area contributed by atoms with Crippen LogP contribution in [0.25, 0.3) is 0 Å². The van der Waals surface area contributed by atoms with E-state index in [1.165, 1.54) is 0 Å². The Morgan fingerprint density at radius 2 is 1.78 bits per heavy atom. The van der Waals surface area contributed by atoms with E-state index in [0.717, 1.165) is 6.42 Å². The molecule has 52 valence electrons. The van der Waals surface area contributed by atoms with Crippen LogP contribution in [0.1, 0.15) is 34.1 Å². The summed E-state index contributed by atoms with van der Waals surface area (Å²) in [6, 6.07) is 0. The van der Waals surface area contributed by atoms with Gasteiger partial charge in [-0.2, -0.15) is 0 Å². The standard InChI is InChI=1S/C8H14O/c1-7(2,3)8(4)5-6(8)9/h5H2,1-4H3. The Morgan fingerprint density at radius 3 is 1.78 bits per heavy atom. The van der Waals surface area contributed by atoms with Crippen molar-refractivity contribution in [3.8, 4) is 0 Å². The minimum atomic E-state index is 0.00694. The maximum atomic E-state index is 10.9. The summed E-state index contributed by atoms with van der Waals surface area (Å²) in [5.74, 6) is 0.426. The third-order valence-corrected chi connectivity index (χ3v) is 2.66. The summed E-state index contributed by atoms with van der Waals surface area (Å²) in [5, 5.41) is 0. The molecule has 0 bridgehead atoms. The van der Waals surface area contributed by atoms with E-state index in [4.69, 9.17) is 0 Å². The minimum absolute atomic E-state index is 0.00694. The molecule has 0 aromatic carbocycles. The minimum Gasteiger partial charge on any atom is -0.299 e. The lowest BCUT2D eigenvalue weighted by Crippen LogP contribution is -2.20. The lowest BCUT2D eigenvalue weighted by molar-refractivity contribution is -0.114. The first kappa shape index (κ1) is 6.79. The molecule has 0 saturated heterocycles. The predicted molar refractivity (Wildman–Crippen MR) is 37.2 cm³/mol. The van der Waals surface area contributed by atoms with Gasteiger partial charge in [0, 0.05) is 11.8 Å². The van der Waals surface area contributed by atoms with E-state index in [9.17, 15) is 4.79 Å². The molecule has 1 aliphatic carbocycles. The monoisotopic (exact) mass is 126 g/mol. The zero-order chi connectivity index (χ0) is 7.28. The zero-order valence-corrected chi connectivity index (χ0v) is 6.62. The molecule has 1 aliphatic rings. The van der Waals surface area contributed by atoms with Gasteiger partial charge in [-0.05, 0) is 5.41 Å². The highest BCUT2D eigenvalue weighted by molar-refractivity contribution is 6.01. The molecular weight excluding hydrogens is 112 g/mol. The highest BCUT2D eigenvalue weighted by atomic mass is 16.1. The van der Waals surface area contributed by atoms with Gasteiger partial charge in [-0.3, -0.25) is 4.79 Å². The molecule has 1 heteroatoms. The molecule has 0 heterocycles. The van der Waals surface area contributed by atoms with Crippen LogP contribution in [-0.4, -0.2) is 5.78 Å². The van der Waals surface area contributed by atoms with Crippen LogP contribution < -0.4 is 0 Å². The maximum Gasteiger partial charge on any atom is 0.140 e. The van der Waals surface area contributed by atoms with Crippen molar-refractivity contribution in [3.05, 3.63) is 0 Å². The van der Waals surface area contributed by atoms with Gasteiger partial charge in [0.25, 0.3) is 0 Å². The van der Waals surface area contributed by atoms with Crippen molar-refractivity contribution in [1.82, 2.24) is 0 Å². The Morgan fingerprint density at radius 1 is 1.44 bits per heavy atom. The van der Waals surface area contributed by atoms with Crippen LogP contribution in [0.5, 0.6) is 0 Å². The van der Waals surface area contributed by atoms with Gasteiger partial charge >= 0.3 is 0 Å². The van der Waals surface area contributed by atoms with Crippen molar-refractivity contribution < 1.29 is 4.79 Å². The van der Waals surface area contributed by atoms with E-state index >= 15 is 0 Å². The van der Waals surface area contributed by atoms with E-state index in [1.54, 1.807) is 0 Å². The summed E-state index contributed by atoms with van der Waals surface area (Å²) in [7, 11) is 0. The second kappa shape index (κ2) is 1.39. The summed E-state index contributed by atoms with van der Waals surface area (Å²) < 4.78 is 0. The largest absolute Gasteiger partial charge is 0.299 e. The van der Waals surface area contributed by atoms with Gasteiger partial charge in [-0.1, -0.05) is 27.7 Å². The molecular formula is C8H14O. The van der Waals surface area contributed by atoms with Crippen LogP contribution in [0.15, 0.2) is 0 Å². The smallest absolute Gasteiger partial charge is 0.140 e. The van der Waals surface area contributed by atoms with Gasteiger partial charge in [0.1, 0.15) is 5.78 Å². The van der Waals surface area contributed by atoms with Gasteiger partial charge in [-0.25, -0.2) is 0 Å². The first-order chi connectivity index (χ1) is 3.88. The fraction of sp³-hybridized carbons (Fsp3) is 0.875. The van der Waals surface area contributed by atoms with Crippen LogP contribution in [0.2, 0.25) is 0 Å². The van der Waals surface area contributed by atoms with Crippen LogP contribution in [0, 0.1) is 10.8 Å². The molecule has 1 nitrogen and oxygen atoms in total. The van der Waals surface area contributed by atoms with E-state index in [2.05, 4.69) is 27.7 Å². The van der Waals surface area contributed by atoms with Crippen molar-refractivity contribution in [3.63, 3.8) is 0 Å². The SMILES string of the molecule is CC(C)(C)C1(C)CC1=O. The van der Waals surface area contributed by atoms with Crippen molar-refractivity contribution in [2.24, 2.45) is 10.8 Å². The second-order valence-corrected chi connectivity index (χ2v) is 4.18. The molecule has 1 atom stereocenters. The molecule has 1 rings (SSSR count). The Balaban J connectivity index is 2.76. The molecule has 0 amide bonds. The second-order valence-electron chi connectivity index (χ2n) is 4.18. The lowest BCUT2D eigenvalue weighted by Gasteiger charge is -2.24. The first-order valence-electron chi connectivity index (χ1n) is 3.41. The van der Waals surface area contributed by atoms with Gasteiger partial charge < -0.3 is 0 Å². The fourth-order valence-electron chi connectivity index (χ4n) is 0.960. The fourth-order valence-corrected chi connectivity index (χ4v) is 0.960. The van der Waals surface area contributed by atoms with Gasteiger partial charge in [-0.15, -0.1) is 0 Å². The molecule has 0 aromatic rings. The highest BCUT2D eigenvalue weighted by Crippen LogP contribution is 2.54. The molecule has 0 aromatic heterocycles. The summed E-state index contributed by atoms with van der Waals surface area (Å²) in [6.45, 7) is 8.42. The number of carbonyl (C=O) groups is 1. The molecule has 9 heavy (non-hydrogen) atoms. The van der Waals surface area contributed by atoms with Crippen molar-refractivity contribution in [2.75, 3.05) is 0 Å². The summed E-state index contributed by atoms with van der Waals surface area (Å²) in [4.78, 5) is 10.9. The van der Waals surface area contributed by atoms with Crippen molar-refractivity contribution in [2.45, 2.75) is 34.1 Å². The van der Waals surface area contributed by atoms with E-state index < -0.39 is 0 Å². The lowest BCUT2D eigenvalue weighted by atomic mass is 9.79. The molecule has 0 N–H and O–H groups in total. The number of ketones is 1. The topological polar surface area (TPSA) is 17.1 Å². The number of hydrogen-bond donors (Lipinski definition) is 0. The van der Waals surface area contributed by atoms with Crippen LogP contribution >= 0.6 is 0 Å². The van der Waals surface area contributed by atoms with E-state index in [-0.39, 0.29) is 10.8 Å². The molecule has 0 spiro atoms. The number of hydrogen-bond acceptors (Lipinski definition) is 1. The predicted octanol–water partition coefficient (Wildman–Crippen LogP) is 2.01. The number of rotatable bonds is 0. The van der Waals surface area contributed by atoms with Crippen LogP contribution in [0.3, 0.4) is 0 Å². The van der Waals surface area contributed by atoms with Gasteiger partial charge in [0.2, 0.25) is 0 Å². The zero-order valence-electron chi connectivity index (χ0n) is 6.62. The third-order valence-electron chi connectivity index (χ3n) is 2.66. The van der Waals surface area contributed by atoms with Gasteiger partial charge in [0.15, 0.2) is 0 Å². The Hall–Kier alpha value is -0.330. The average Bonchev–Trinajstić information content (AvgIpc) is 2.13. The normalized spacial score (nSPS) is 34.9. The molecule has 1 fully saturated rings. The number of Topliss-reactive ketones (excluding diaryl/α,β-unsaturated/α-hetero) is 1. The first-order valence-corrected chi connectivity index (χ1v) is 3.41. The molecule has 1 saturated carbocycles. The van der Waals surface area contributed by atoms with E-state index in [1.807, 2.05) is 0 Å². The maximum absolute atomic E-state index is 10.9. The molecule has 0 aliphatic heterocycles. The Labute approximate surface area is 56.4 Å². The van der Waals surface area contributed by atoms with Crippen molar-refractivity contribution in [1.29, 1.82) is 0 Å². The Kier molecular flexibility index (Phi) is 1.05. The molecule has 1 unspecified atom stereocenters. The third kappa shape index (κ3) is 0.790. The van der Waals surface area contributed by atoms with Crippen LogP contribution in [-0.2, 0) is 4.79 Å². The average molecular weight is 126 g/mol. The van der Waals surface area contributed by atoms with Gasteiger partial charge in [0.05, 0.1) is 0 Å². The van der Waals surface area contributed by atoms with Crippen LogP contribution in [0.4, 0.5) is 0 Å². The number of carbonyl (C=O) groups excluding carboxylic acids is 1. The summed E-state index contributed by atoms with van der Waals surface area (Å²) in [6.07, 6.45) is 0.788. The molecule has 0 radical (unpaired) electrons. The van der Waals surface area contributed by atoms with E-state index in [0.29, 0.717) is 5.78 Å².